The highest BCUT2D eigenvalue weighted by Gasteiger charge is 2.30. The van der Waals surface area contributed by atoms with Gasteiger partial charge in [-0.1, -0.05) is 0 Å². The lowest BCUT2D eigenvalue weighted by Crippen LogP contribution is -2.51. The Bertz CT molecular complexity index is 1010. The summed E-state index contributed by atoms with van der Waals surface area (Å²) in [6.45, 7) is 3.14. The van der Waals surface area contributed by atoms with Gasteiger partial charge in [0.25, 0.3) is 5.91 Å². The minimum atomic E-state index is -3.64. The van der Waals surface area contributed by atoms with Gasteiger partial charge in [0.2, 0.25) is 15.9 Å². The van der Waals surface area contributed by atoms with E-state index in [1.807, 2.05) is 6.92 Å². The molecule has 0 saturated carbocycles. The van der Waals surface area contributed by atoms with Crippen molar-refractivity contribution in [3.05, 3.63) is 54.1 Å². The molecule has 10 heteroatoms. The first-order chi connectivity index (χ1) is 14.8. The molecule has 2 aromatic rings. The number of carbonyl (C=O) groups is 2. The van der Waals surface area contributed by atoms with Crippen molar-refractivity contribution >= 4 is 21.8 Å². The summed E-state index contributed by atoms with van der Waals surface area (Å²) < 4.78 is 37.9. The minimum Gasteiger partial charge on any atom is -0.494 e. The van der Waals surface area contributed by atoms with Gasteiger partial charge in [0, 0.05) is 31.7 Å². The summed E-state index contributed by atoms with van der Waals surface area (Å²) in [6, 6.07) is 12.5. The van der Waals surface area contributed by atoms with Crippen molar-refractivity contribution in [3.63, 3.8) is 0 Å². The van der Waals surface area contributed by atoms with Crippen LogP contribution >= 0.6 is 0 Å². The fraction of sp³-hybridized carbons (Fsp3) is 0.333. The number of benzene rings is 2. The largest absolute Gasteiger partial charge is 0.494 e. The predicted octanol–water partition coefficient (Wildman–Crippen LogP) is 1.10. The van der Waals surface area contributed by atoms with Crippen molar-refractivity contribution in [2.24, 2.45) is 5.73 Å². The predicted molar refractivity (Wildman–Crippen MR) is 113 cm³/mol. The van der Waals surface area contributed by atoms with E-state index >= 15 is 0 Å². The molecule has 0 bridgehead atoms. The zero-order valence-corrected chi connectivity index (χ0v) is 18.0. The van der Waals surface area contributed by atoms with Gasteiger partial charge in [0.15, 0.2) is 6.61 Å². The molecule has 2 N–H and O–H groups in total. The molecule has 31 heavy (non-hydrogen) atoms. The van der Waals surface area contributed by atoms with Crippen molar-refractivity contribution in [1.29, 1.82) is 0 Å². The number of hydrogen-bond donors (Lipinski definition) is 1. The summed E-state index contributed by atoms with van der Waals surface area (Å²) in [6.07, 6.45) is 0. The van der Waals surface area contributed by atoms with E-state index in [1.54, 1.807) is 29.2 Å². The lowest BCUT2D eigenvalue weighted by Gasteiger charge is -2.34. The van der Waals surface area contributed by atoms with Crippen LogP contribution in [0.3, 0.4) is 0 Å². The van der Waals surface area contributed by atoms with E-state index in [1.165, 1.54) is 28.6 Å². The fourth-order valence-corrected chi connectivity index (χ4v) is 4.58. The first kappa shape index (κ1) is 22.6. The molecule has 166 valence electrons. The van der Waals surface area contributed by atoms with Crippen LogP contribution in [-0.2, 0) is 14.8 Å². The lowest BCUT2D eigenvalue weighted by atomic mass is 10.2. The fourth-order valence-electron chi connectivity index (χ4n) is 3.15. The molecule has 2 amide bonds. The number of nitrogens with zero attached hydrogens (tertiary/aromatic N) is 2. The molecule has 0 aromatic heterocycles. The van der Waals surface area contributed by atoms with Gasteiger partial charge in [0.05, 0.1) is 11.5 Å². The molecule has 1 aliphatic rings. The smallest absolute Gasteiger partial charge is 0.260 e. The number of piperazine rings is 1. The van der Waals surface area contributed by atoms with Crippen LogP contribution in [0.1, 0.15) is 17.3 Å². The number of primary amides is 1. The Morgan fingerprint density at radius 3 is 2.00 bits per heavy atom. The van der Waals surface area contributed by atoms with Gasteiger partial charge >= 0.3 is 0 Å². The maximum atomic E-state index is 12.8. The first-order valence-corrected chi connectivity index (χ1v) is 11.3. The van der Waals surface area contributed by atoms with Crippen LogP contribution in [0.2, 0.25) is 0 Å². The van der Waals surface area contributed by atoms with Crippen molar-refractivity contribution in [2.75, 3.05) is 39.4 Å². The van der Waals surface area contributed by atoms with Crippen molar-refractivity contribution in [3.8, 4) is 11.5 Å². The standard InChI is InChI=1S/C21H25N3O6S/c1-2-29-17-7-9-19(10-8-17)31(27,28)24-13-11-23(12-14-24)20(25)15-30-18-5-3-16(4-6-18)21(22)26/h3-10H,2,11-15H2,1H3,(H2,22,26). The molecular weight excluding hydrogens is 422 g/mol. The Morgan fingerprint density at radius 2 is 1.45 bits per heavy atom. The van der Waals surface area contributed by atoms with Gasteiger partial charge in [-0.2, -0.15) is 4.31 Å². The van der Waals surface area contributed by atoms with Gasteiger partial charge in [-0.15, -0.1) is 0 Å². The Morgan fingerprint density at radius 1 is 0.903 bits per heavy atom. The van der Waals surface area contributed by atoms with Crippen LogP contribution in [0.25, 0.3) is 0 Å². The second kappa shape index (κ2) is 9.80. The average molecular weight is 448 g/mol. The van der Waals surface area contributed by atoms with Gasteiger partial charge < -0.3 is 20.1 Å². The summed E-state index contributed by atoms with van der Waals surface area (Å²) in [5.74, 6) is 0.272. The summed E-state index contributed by atoms with van der Waals surface area (Å²) in [5, 5.41) is 0. The quantitative estimate of drug-likeness (QED) is 0.647. The highest BCUT2D eigenvalue weighted by atomic mass is 32.2. The first-order valence-electron chi connectivity index (χ1n) is 9.84. The Balaban J connectivity index is 1.52. The van der Waals surface area contributed by atoms with E-state index in [0.717, 1.165) is 0 Å². The number of carbonyl (C=O) groups excluding carboxylic acids is 2. The van der Waals surface area contributed by atoms with E-state index in [0.29, 0.717) is 23.7 Å². The molecular formula is C21H25N3O6S. The molecule has 1 heterocycles. The zero-order chi connectivity index (χ0) is 22.4. The molecule has 0 atom stereocenters. The highest BCUT2D eigenvalue weighted by Crippen LogP contribution is 2.21. The maximum Gasteiger partial charge on any atom is 0.260 e. The van der Waals surface area contributed by atoms with Crippen LogP contribution in [0.15, 0.2) is 53.4 Å². The number of amides is 2. The second-order valence-electron chi connectivity index (χ2n) is 6.87. The molecule has 0 spiro atoms. The van der Waals surface area contributed by atoms with Gasteiger partial charge in [-0.05, 0) is 55.5 Å². The van der Waals surface area contributed by atoms with E-state index in [4.69, 9.17) is 15.2 Å². The molecule has 2 aromatic carbocycles. The Hall–Kier alpha value is -3.11. The number of nitrogens with two attached hydrogens (primary N) is 1. The van der Waals surface area contributed by atoms with Crippen molar-refractivity contribution in [2.45, 2.75) is 11.8 Å². The molecule has 1 saturated heterocycles. The van der Waals surface area contributed by atoms with E-state index in [2.05, 4.69) is 0 Å². The topological polar surface area (TPSA) is 119 Å². The van der Waals surface area contributed by atoms with E-state index in [-0.39, 0.29) is 43.6 Å². The third-order valence-corrected chi connectivity index (χ3v) is 6.78. The lowest BCUT2D eigenvalue weighted by molar-refractivity contribution is -0.134. The van der Waals surface area contributed by atoms with Gasteiger partial charge in [-0.25, -0.2) is 8.42 Å². The van der Waals surface area contributed by atoms with Gasteiger partial charge in [0.1, 0.15) is 11.5 Å². The molecule has 0 radical (unpaired) electrons. The van der Waals surface area contributed by atoms with Crippen LogP contribution in [-0.4, -0.2) is 68.8 Å². The Kier molecular flexibility index (Phi) is 7.13. The molecule has 9 nitrogen and oxygen atoms in total. The minimum absolute atomic E-state index is 0.179. The highest BCUT2D eigenvalue weighted by molar-refractivity contribution is 7.89. The summed E-state index contributed by atoms with van der Waals surface area (Å²) in [4.78, 5) is 25.3. The Labute approximate surface area is 181 Å². The number of hydrogen-bond acceptors (Lipinski definition) is 6. The maximum absolute atomic E-state index is 12.8. The van der Waals surface area contributed by atoms with Crippen LogP contribution in [0.4, 0.5) is 0 Å². The second-order valence-corrected chi connectivity index (χ2v) is 8.80. The SMILES string of the molecule is CCOc1ccc(S(=O)(=O)N2CCN(C(=O)COc3ccc(C(N)=O)cc3)CC2)cc1. The average Bonchev–Trinajstić information content (AvgIpc) is 2.78. The van der Waals surface area contributed by atoms with E-state index < -0.39 is 15.9 Å². The molecule has 1 aliphatic heterocycles. The van der Waals surface area contributed by atoms with Crippen LogP contribution in [0, 0.1) is 0 Å². The number of rotatable bonds is 8. The zero-order valence-electron chi connectivity index (χ0n) is 17.2. The third-order valence-electron chi connectivity index (χ3n) is 4.87. The number of sulfonamides is 1. The summed E-state index contributed by atoms with van der Waals surface area (Å²) >= 11 is 0. The summed E-state index contributed by atoms with van der Waals surface area (Å²) in [7, 11) is -3.64. The van der Waals surface area contributed by atoms with Crippen molar-refractivity contribution in [1.82, 2.24) is 9.21 Å². The van der Waals surface area contributed by atoms with Crippen LogP contribution < -0.4 is 15.2 Å². The molecule has 0 aliphatic carbocycles. The normalized spacial score (nSPS) is 14.8. The molecule has 0 unspecified atom stereocenters. The van der Waals surface area contributed by atoms with E-state index in [9.17, 15) is 18.0 Å². The van der Waals surface area contributed by atoms with Crippen LogP contribution in [0.5, 0.6) is 11.5 Å². The third kappa shape index (κ3) is 5.53. The molecule has 3 rings (SSSR count). The molecule has 1 fully saturated rings. The number of ether oxygens (including phenoxy) is 2. The summed E-state index contributed by atoms with van der Waals surface area (Å²) in [5.41, 5.74) is 5.54. The van der Waals surface area contributed by atoms with Gasteiger partial charge in [-0.3, -0.25) is 9.59 Å². The monoisotopic (exact) mass is 447 g/mol. The van der Waals surface area contributed by atoms with Crippen molar-refractivity contribution < 1.29 is 27.5 Å².